The molecular weight excluding hydrogens is 345 g/mol. The monoisotopic (exact) mass is 359 g/mol. The molecule has 90 valence electrons. The van der Waals surface area contributed by atoms with Gasteiger partial charge in [-0.1, -0.05) is 23.5 Å². The Labute approximate surface area is 119 Å². The summed E-state index contributed by atoms with van der Waals surface area (Å²) in [5.74, 6) is 0. The van der Waals surface area contributed by atoms with Gasteiger partial charge >= 0.3 is 0 Å². The van der Waals surface area contributed by atoms with E-state index < -0.39 is 0 Å². The second-order valence-electron chi connectivity index (χ2n) is 3.72. The Morgan fingerprint density at radius 1 is 1.35 bits per heavy atom. The summed E-state index contributed by atoms with van der Waals surface area (Å²) in [4.78, 5) is 0. The van der Waals surface area contributed by atoms with E-state index in [0.717, 1.165) is 35.0 Å². The molecule has 2 aromatic rings. The van der Waals surface area contributed by atoms with Crippen LogP contribution in [0.4, 0.5) is 0 Å². The second kappa shape index (κ2) is 6.42. The van der Waals surface area contributed by atoms with E-state index in [1.165, 1.54) is 3.57 Å². The summed E-state index contributed by atoms with van der Waals surface area (Å²) in [5.41, 5.74) is 1.16. The lowest BCUT2D eigenvalue weighted by atomic mass is 10.2. The highest BCUT2D eigenvalue weighted by molar-refractivity contribution is 14.1. The van der Waals surface area contributed by atoms with E-state index in [4.69, 9.17) is 0 Å². The van der Waals surface area contributed by atoms with Crippen molar-refractivity contribution < 1.29 is 0 Å². The van der Waals surface area contributed by atoms with Gasteiger partial charge in [0.1, 0.15) is 10.0 Å². The molecule has 0 fully saturated rings. The highest BCUT2D eigenvalue weighted by Crippen LogP contribution is 2.25. The van der Waals surface area contributed by atoms with Crippen molar-refractivity contribution in [1.82, 2.24) is 15.5 Å². The fourth-order valence-corrected chi connectivity index (χ4v) is 2.93. The van der Waals surface area contributed by atoms with Crippen molar-refractivity contribution in [2.45, 2.75) is 12.8 Å². The van der Waals surface area contributed by atoms with Gasteiger partial charge < -0.3 is 5.32 Å². The van der Waals surface area contributed by atoms with Crippen LogP contribution >= 0.6 is 33.9 Å². The molecule has 0 amide bonds. The Morgan fingerprint density at radius 2 is 2.24 bits per heavy atom. The lowest BCUT2D eigenvalue weighted by molar-refractivity contribution is 0.718. The van der Waals surface area contributed by atoms with E-state index in [9.17, 15) is 0 Å². The molecule has 17 heavy (non-hydrogen) atoms. The Hall–Kier alpha value is -0.530. The van der Waals surface area contributed by atoms with Crippen LogP contribution in [0.2, 0.25) is 0 Å². The first-order valence-corrected chi connectivity index (χ1v) is 7.42. The average molecular weight is 359 g/mol. The van der Waals surface area contributed by atoms with Crippen molar-refractivity contribution in [3.8, 4) is 10.6 Å². The predicted molar refractivity (Wildman–Crippen MR) is 80.3 cm³/mol. The third kappa shape index (κ3) is 3.72. The summed E-state index contributed by atoms with van der Waals surface area (Å²) >= 11 is 4.01. The minimum absolute atomic E-state index is 1.00. The highest BCUT2D eigenvalue weighted by Gasteiger charge is 2.06. The van der Waals surface area contributed by atoms with Crippen LogP contribution in [0.5, 0.6) is 0 Å². The van der Waals surface area contributed by atoms with Crippen LogP contribution < -0.4 is 5.32 Å². The van der Waals surface area contributed by atoms with Gasteiger partial charge in [0.2, 0.25) is 0 Å². The summed E-state index contributed by atoms with van der Waals surface area (Å²) in [6, 6.07) is 8.36. The van der Waals surface area contributed by atoms with Crippen molar-refractivity contribution in [1.29, 1.82) is 0 Å². The summed E-state index contributed by atoms with van der Waals surface area (Å²) < 4.78 is 1.23. The molecule has 2 rings (SSSR count). The van der Waals surface area contributed by atoms with Crippen molar-refractivity contribution in [2.75, 3.05) is 13.6 Å². The fourth-order valence-electron chi connectivity index (χ4n) is 1.51. The largest absolute Gasteiger partial charge is 0.320 e. The average Bonchev–Trinajstić information content (AvgIpc) is 2.78. The molecule has 3 nitrogen and oxygen atoms in total. The van der Waals surface area contributed by atoms with Crippen molar-refractivity contribution >= 4 is 33.9 Å². The standard InChI is InChI=1S/C12H14IN3S/c1-14-7-3-6-11-15-16-12(17-11)9-4-2-5-10(13)8-9/h2,4-5,8,14H,3,6-7H2,1H3. The molecule has 0 spiro atoms. The van der Waals surface area contributed by atoms with Crippen LogP contribution in [-0.2, 0) is 6.42 Å². The van der Waals surface area contributed by atoms with Gasteiger partial charge in [-0.2, -0.15) is 0 Å². The van der Waals surface area contributed by atoms with Crippen LogP contribution in [0.25, 0.3) is 10.6 Å². The first-order chi connectivity index (χ1) is 8.29. The Balaban J connectivity index is 2.07. The van der Waals surface area contributed by atoms with E-state index in [-0.39, 0.29) is 0 Å². The van der Waals surface area contributed by atoms with Gasteiger partial charge in [0.25, 0.3) is 0 Å². The molecule has 1 aromatic heterocycles. The van der Waals surface area contributed by atoms with Crippen LogP contribution in [0, 0.1) is 3.57 Å². The number of aromatic nitrogens is 2. The Kier molecular flexibility index (Phi) is 4.87. The minimum Gasteiger partial charge on any atom is -0.320 e. The second-order valence-corrected chi connectivity index (χ2v) is 6.03. The van der Waals surface area contributed by atoms with Gasteiger partial charge in [0.15, 0.2) is 0 Å². The molecule has 0 aliphatic carbocycles. The molecular formula is C12H14IN3S. The van der Waals surface area contributed by atoms with Gasteiger partial charge in [-0.15, -0.1) is 10.2 Å². The number of hydrogen-bond acceptors (Lipinski definition) is 4. The number of hydrogen-bond donors (Lipinski definition) is 1. The fraction of sp³-hybridized carbons (Fsp3) is 0.333. The molecule has 1 heterocycles. The van der Waals surface area contributed by atoms with E-state index in [1.807, 2.05) is 7.05 Å². The zero-order valence-corrected chi connectivity index (χ0v) is 12.6. The summed E-state index contributed by atoms with van der Waals surface area (Å²) in [5, 5.41) is 13.8. The smallest absolute Gasteiger partial charge is 0.147 e. The zero-order valence-electron chi connectivity index (χ0n) is 9.61. The van der Waals surface area contributed by atoms with Crippen LogP contribution in [-0.4, -0.2) is 23.8 Å². The van der Waals surface area contributed by atoms with E-state index in [0.29, 0.717) is 0 Å². The maximum absolute atomic E-state index is 4.25. The summed E-state index contributed by atoms with van der Waals surface area (Å²) in [6.45, 7) is 1.03. The molecule has 0 bridgehead atoms. The predicted octanol–water partition coefficient (Wildman–Crippen LogP) is 2.96. The van der Waals surface area contributed by atoms with E-state index >= 15 is 0 Å². The van der Waals surface area contributed by atoms with E-state index in [1.54, 1.807) is 11.3 Å². The van der Waals surface area contributed by atoms with Gasteiger partial charge in [0, 0.05) is 15.6 Å². The van der Waals surface area contributed by atoms with Gasteiger partial charge in [-0.05, 0) is 54.7 Å². The maximum atomic E-state index is 4.25. The molecule has 5 heteroatoms. The molecule has 0 unspecified atom stereocenters. The quantitative estimate of drug-likeness (QED) is 0.659. The first kappa shape index (κ1) is 12.9. The lowest BCUT2D eigenvalue weighted by Gasteiger charge is -1.96. The number of aryl methyl sites for hydroxylation is 1. The van der Waals surface area contributed by atoms with Crippen LogP contribution in [0.3, 0.4) is 0 Å². The summed E-state index contributed by atoms with van der Waals surface area (Å²) in [6.07, 6.45) is 2.11. The molecule has 0 radical (unpaired) electrons. The van der Waals surface area contributed by atoms with Gasteiger partial charge in [-0.25, -0.2) is 0 Å². The SMILES string of the molecule is CNCCCc1nnc(-c2cccc(I)c2)s1. The Morgan fingerprint density at radius 3 is 3.00 bits per heavy atom. The van der Waals surface area contributed by atoms with Gasteiger partial charge in [0.05, 0.1) is 0 Å². The Bertz CT molecular complexity index is 484. The number of benzene rings is 1. The molecule has 1 N–H and O–H groups in total. The van der Waals surface area contributed by atoms with Crippen molar-refractivity contribution in [3.05, 3.63) is 32.8 Å². The van der Waals surface area contributed by atoms with Crippen molar-refractivity contribution in [3.63, 3.8) is 0 Å². The molecule has 1 aromatic carbocycles. The topological polar surface area (TPSA) is 37.8 Å². The van der Waals surface area contributed by atoms with E-state index in [2.05, 4.69) is 62.4 Å². The molecule has 0 aliphatic rings. The number of nitrogens with zero attached hydrogens (tertiary/aromatic N) is 2. The minimum atomic E-state index is 1.00. The van der Waals surface area contributed by atoms with Crippen molar-refractivity contribution in [2.24, 2.45) is 0 Å². The third-order valence-electron chi connectivity index (χ3n) is 2.36. The number of nitrogens with one attached hydrogen (secondary N) is 1. The third-order valence-corrected chi connectivity index (χ3v) is 4.06. The molecule has 0 saturated carbocycles. The summed E-state index contributed by atoms with van der Waals surface area (Å²) in [7, 11) is 1.97. The molecule has 0 saturated heterocycles. The van der Waals surface area contributed by atoms with Gasteiger partial charge in [-0.3, -0.25) is 0 Å². The molecule has 0 aliphatic heterocycles. The van der Waals surface area contributed by atoms with Crippen LogP contribution in [0.1, 0.15) is 11.4 Å². The normalized spacial score (nSPS) is 10.7. The first-order valence-electron chi connectivity index (χ1n) is 5.52. The molecule has 0 atom stereocenters. The number of halogens is 1. The highest BCUT2D eigenvalue weighted by atomic mass is 127. The van der Waals surface area contributed by atoms with Crippen LogP contribution in [0.15, 0.2) is 24.3 Å². The maximum Gasteiger partial charge on any atom is 0.147 e. The lowest BCUT2D eigenvalue weighted by Crippen LogP contribution is -2.08. The zero-order chi connectivity index (χ0) is 12.1. The number of rotatable bonds is 5.